The lowest BCUT2D eigenvalue weighted by Crippen LogP contribution is -2.05. The van der Waals surface area contributed by atoms with Gasteiger partial charge in [0.15, 0.2) is 0 Å². The minimum atomic E-state index is 0.457. The molecule has 1 aliphatic rings. The van der Waals surface area contributed by atoms with Crippen molar-refractivity contribution in [3.05, 3.63) is 224 Å². The van der Waals surface area contributed by atoms with E-state index in [4.69, 9.17) is 5.41 Å². The Bertz CT molecular complexity index is 3620. The molecule has 0 atom stereocenters. The third kappa shape index (κ3) is 6.84. The molecule has 4 aromatic heterocycles. The average Bonchev–Trinajstić information content (AvgIpc) is 3.85. The van der Waals surface area contributed by atoms with Gasteiger partial charge in [-0.05, 0) is 155 Å². The number of hydrogen-bond acceptors (Lipinski definition) is 4. The number of allylic oxidation sites excluding steroid dienone is 5. The van der Waals surface area contributed by atoms with E-state index in [1.165, 1.54) is 43.8 Å². The fraction of sp³-hybridized carbons (Fsp3) is 0.0508. The summed E-state index contributed by atoms with van der Waals surface area (Å²) >= 11 is 0. The van der Waals surface area contributed by atoms with Crippen LogP contribution in [0.25, 0.3) is 94.1 Å². The van der Waals surface area contributed by atoms with Gasteiger partial charge in [0.05, 0.1) is 57.2 Å². The fourth-order valence-electron chi connectivity index (χ4n) is 9.69. The van der Waals surface area contributed by atoms with Crippen molar-refractivity contribution in [1.29, 1.82) is 5.41 Å². The summed E-state index contributed by atoms with van der Waals surface area (Å²) in [7, 11) is 0. The maximum atomic E-state index is 8.45. The molecular weight excluding hydrogens is 793 g/mol. The molecule has 0 radical (unpaired) electrons. The highest BCUT2D eigenvalue weighted by atomic mass is 15.0. The lowest BCUT2D eigenvalue weighted by Gasteiger charge is -2.21. The van der Waals surface area contributed by atoms with Crippen molar-refractivity contribution in [3.8, 4) is 44.8 Å². The smallest absolute Gasteiger partial charge is 0.0697 e. The van der Waals surface area contributed by atoms with Crippen LogP contribution in [0.3, 0.4) is 0 Å². The molecule has 0 saturated carbocycles. The molecule has 65 heavy (non-hydrogen) atoms. The molecule has 0 bridgehead atoms. The Kier molecular flexibility index (Phi) is 9.89. The molecule has 0 saturated heterocycles. The van der Waals surface area contributed by atoms with Crippen LogP contribution in [0.4, 0.5) is 0 Å². The van der Waals surface area contributed by atoms with Crippen LogP contribution >= 0.6 is 0 Å². The molecule has 10 aromatic rings. The summed E-state index contributed by atoms with van der Waals surface area (Å²) in [6.07, 6.45) is 20.2. The van der Waals surface area contributed by atoms with Gasteiger partial charge in [-0.3, -0.25) is 15.0 Å². The largest absolute Gasteiger partial charge is 0.308 e. The number of benzene rings is 6. The molecular formula is C59H44N6. The first kappa shape index (κ1) is 39.4. The van der Waals surface area contributed by atoms with Gasteiger partial charge in [-0.25, -0.2) is 0 Å². The van der Waals surface area contributed by atoms with E-state index in [2.05, 4.69) is 146 Å². The highest BCUT2D eigenvalue weighted by Gasteiger charge is 2.24. The summed E-state index contributed by atoms with van der Waals surface area (Å²) in [5.74, 6) is 0. The first-order valence-corrected chi connectivity index (χ1v) is 22.0. The Hall–Kier alpha value is -8.48. The minimum Gasteiger partial charge on any atom is -0.308 e. The molecule has 6 nitrogen and oxygen atoms in total. The van der Waals surface area contributed by atoms with Crippen LogP contribution in [-0.4, -0.2) is 31.0 Å². The second-order valence-corrected chi connectivity index (χ2v) is 16.4. The van der Waals surface area contributed by atoms with Crippen molar-refractivity contribution in [1.82, 2.24) is 19.1 Å². The van der Waals surface area contributed by atoms with Crippen molar-refractivity contribution in [2.75, 3.05) is 0 Å². The summed E-state index contributed by atoms with van der Waals surface area (Å²) in [5, 5.41) is 13.3. The van der Waals surface area contributed by atoms with E-state index in [1.54, 1.807) is 24.3 Å². The molecule has 0 aliphatic heterocycles. The topological polar surface area (TPSA) is 71.8 Å². The third-order valence-corrected chi connectivity index (χ3v) is 12.7. The van der Waals surface area contributed by atoms with Gasteiger partial charge in [-0.15, -0.1) is 0 Å². The number of nitrogens with zero attached hydrogens (tertiary/aromatic N) is 5. The zero-order valence-corrected chi connectivity index (χ0v) is 36.0. The number of nitrogens with one attached hydrogen (secondary N) is 1. The second-order valence-electron chi connectivity index (χ2n) is 16.4. The summed E-state index contributed by atoms with van der Waals surface area (Å²) in [6.45, 7) is 9.55. The van der Waals surface area contributed by atoms with Gasteiger partial charge in [0.25, 0.3) is 0 Å². The molecule has 0 amide bonds. The maximum absolute atomic E-state index is 8.45. The van der Waals surface area contributed by atoms with E-state index in [-0.39, 0.29) is 0 Å². The molecule has 1 N–H and O–H groups in total. The Morgan fingerprint density at radius 3 is 1.52 bits per heavy atom. The molecule has 6 heteroatoms. The lowest BCUT2D eigenvalue weighted by molar-refractivity contribution is 0.946. The zero-order chi connectivity index (χ0) is 44.0. The third-order valence-electron chi connectivity index (χ3n) is 12.7. The summed E-state index contributed by atoms with van der Waals surface area (Å²) < 4.78 is 4.73. The molecule has 6 aromatic carbocycles. The SMILES string of the molecule is C=C/C=C\C(=N)c1ccc(-c2ccc3c(c2)c2cc4c(cc2n3-c2cccnc2)-c2cc3c(cc2CC4)c2cc(-c4ccc(/C(=C/C=C)N=CC)cc4)ccc2n3-c2cccnc2)cc1. The van der Waals surface area contributed by atoms with E-state index in [9.17, 15) is 0 Å². The van der Waals surface area contributed by atoms with Crippen molar-refractivity contribution in [2.24, 2.45) is 4.99 Å². The molecule has 0 unspecified atom stereocenters. The normalized spacial score (nSPS) is 12.7. The van der Waals surface area contributed by atoms with Crippen molar-refractivity contribution < 1.29 is 0 Å². The first-order chi connectivity index (χ1) is 32.0. The molecule has 310 valence electrons. The quantitative estimate of drug-likeness (QED) is 0.110. The fourth-order valence-corrected chi connectivity index (χ4v) is 9.69. The van der Waals surface area contributed by atoms with Gasteiger partial charge >= 0.3 is 0 Å². The van der Waals surface area contributed by atoms with E-state index in [0.29, 0.717) is 5.71 Å². The number of aliphatic imine (C=N–C) groups is 1. The van der Waals surface area contributed by atoms with Crippen LogP contribution in [-0.2, 0) is 12.8 Å². The van der Waals surface area contributed by atoms with Gasteiger partial charge in [0, 0.05) is 45.7 Å². The number of hydrogen-bond donors (Lipinski definition) is 1. The number of pyridine rings is 2. The van der Waals surface area contributed by atoms with Gasteiger partial charge in [0.1, 0.15) is 0 Å². The van der Waals surface area contributed by atoms with Crippen LogP contribution < -0.4 is 0 Å². The number of rotatable bonds is 10. The van der Waals surface area contributed by atoms with Crippen LogP contribution in [0.1, 0.15) is 29.2 Å². The monoisotopic (exact) mass is 836 g/mol. The van der Waals surface area contributed by atoms with E-state index in [0.717, 1.165) is 85.4 Å². The van der Waals surface area contributed by atoms with Gasteiger partial charge in [-0.2, -0.15) is 0 Å². The highest BCUT2D eigenvalue weighted by Crippen LogP contribution is 2.45. The van der Waals surface area contributed by atoms with Crippen molar-refractivity contribution in [3.63, 3.8) is 0 Å². The lowest BCUT2D eigenvalue weighted by atomic mass is 9.84. The molecule has 11 rings (SSSR count). The Morgan fingerprint density at radius 2 is 1.06 bits per heavy atom. The summed E-state index contributed by atoms with van der Waals surface area (Å²) in [6, 6.07) is 48.5. The van der Waals surface area contributed by atoms with E-state index < -0.39 is 0 Å². The van der Waals surface area contributed by atoms with Crippen molar-refractivity contribution >= 4 is 61.2 Å². The summed E-state index contributed by atoms with van der Waals surface area (Å²) in [5.41, 5.74) is 19.7. The predicted molar refractivity (Wildman–Crippen MR) is 273 cm³/mol. The Morgan fingerprint density at radius 1 is 0.569 bits per heavy atom. The molecule has 1 aliphatic carbocycles. The van der Waals surface area contributed by atoms with E-state index in [1.807, 2.05) is 68.3 Å². The van der Waals surface area contributed by atoms with Gasteiger partial charge < -0.3 is 14.5 Å². The number of aryl methyl sites for hydroxylation is 2. The maximum Gasteiger partial charge on any atom is 0.0697 e. The Balaban J connectivity index is 1.07. The zero-order valence-electron chi connectivity index (χ0n) is 36.0. The standard InChI is InChI=1S/C59H44N6/c1-4-7-13-54(60)40-18-14-38(15-19-40)42-24-26-56-50(30-42)52-32-44-22-23-45-33-53-51-31-43(39-16-20-41(21-17-39)55(10-5-2)63-6-3)25-27-57(51)65(47-12-9-29-62-37-47)59(53)35-49(45)48(44)34-58(52)64(56)46-11-8-28-61-36-46/h4-21,24-37,60H,1-2,22-23H2,3H3/b13-7-,55-10-,60-54?,63-6?. The predicted octanol–water partition coefficient (Wildman–Crippen LogP) is 14.5. The highest BCUT2D eigenvalue weighted by molar-refractivity contribution is 6.14. The molecule has 4 heterocycles. The number of fused-ring (bicyclic) bond motifs is 9. The van der Waals surface area contributed by atoms with Crippen LogP contribution in [0.15, 0.2) is 207 Å². The molecule has 0 spiro atoms. The first-order valence-electron chi connectivity index (χ1n) is 22.0. The van der Waals surface area contributed by atoms with Gasteiger partial charge in [-0.1, -0.05) is 92.0 Å². The second kappa shape index (κ2) is 16.3. The van der Waals surface area contributed by atoms with Crippen molar-refractivity contribution in [2.45, 2.75) is 19.8 Å². The average molecular weight is 837 g/mol. The van der Waals surface area contributed by atoms with Gasteiger partial charge in [0.2, 0.25) is 0 Å². The van der Waals surface area contributed by atoms with Crippen LogP contribution in [0.5, 0.6) is 0 Å². The molecule has 0 fully saturated rings. The van der Waals surface area contributed by atoms with E-state index >= 15 is 0 Å². The van der Waals surface area contributed by atoms with Crippen LogP contribution in [0, 0.1) is 5.41 Å². The van der Waals surface area contributed by atoms with Crippen LogP contribution in [0.2, 0.25) is 0 Å². The minimum absolute atomic E-state index is 0.457. The summed E-state index contributed by atoms with van der Waals surface area (Å²) in [4.78, 5) is 13.7. The Labute approximate surface area is 377 Å². The number of aromatic nitrogens is 4.